The smallest absolute Gasteiger partial charge is 0.320 e. The van der Waals surface area contributed by atoms with Crippen LogP contribution in [-0.2, 0) is 9.59 Å². The Labute approximate surface area is 145 Å². The number of nitrogens with one attached hydrogen (secondary N) is 2. The monoisotopic (exact) mass is 341 g/mol. The van der Waals surface area contributed by atoms with Crippen LogP contribution in [-0.4, -0.2) is 36.5 Å². The van der Waals surface area contributed by atoms with Crippen molar-refractivity contribution < 1.29 is 19.1 Å². The Bertz CT molecular complexity index is 728. The van der Waals surface area contributed by atoms with Gasteiger partial charge in [-0.05, 0) is 42.5 Å². The number of nitrogens with zero attached hydrogens (tertiary/aromatic N) is 1. The van der Waals surface area contributed by atoms with E-state index in [2.05, 4.69) is 10.6 Å². The van der Waals surface area contributed by atoms with E-state index in [0.717, 1.165) is 6.42 Å². The predicted molar refractivity (Wildman–Crippen MR) is 89.6 cm³/mol. The van der Waals surface area contributed by atoms with Gasteiger partial charge in [0.25, 0.3) is 0 Å². The van der Waals surface area contributed by atoms with E-state index in [4.69, 9.17) is 4.74 Å². The van der Waals surface area contributed by atoms with E-state index >= 15 is 0 Å². The first kappa shape index (κ1) is 15.7. The number of ether oxygens (including phenoxy) is 1. The summed E-state index contributed by atoms with van der Waals surface area (Å²) in [5.74, 6) is 0.208. The molecule has 0 radical (unpaired) electrons. The average molecular weight is 341 g/mol. The molecule has 4 rings (SSSR count). The second-order valence-corrected chi connectivity index (χ2v) is 6.62. The van der Waals surface area contributed by atoms with E-state index in [9.17, 15) is 14.4 Å². The lowest BCUT2D eigenvalue weighted by Crippen LogP contribution is -2.43. The number of benzene rings is 1. The lowest BCUT2D eigenvalue weighted by molar-refractivity contribution is -0.140. The molecule has 25 heavy (non-hydrogen) atoms. The third kappa shape index (κ3) is 2.56. The molecular formula is C18H19N3O4. The van der Waals surface area contributed by atoms with Crippen LogP contribution in [0.3, 0.4) is 0 Å². The molecule has 4 amide bonds. The number of anilines is 1. The van der Waals surface area contributed by atoms with Crippen molar-refractivity contribution in [3.05, 3.63) is 36.4 Å². The molecule has 4 unspecified atom stereocenters. The zero-order valence-electron chi connectivity index (χ0n) is 13.8. The van der Waals surface area contributed by atoms with E-state index in [0.29, 0.717) is 11.4 Å². The maximum absolute atomic E-state index is 12.5. The Morgan fingerprint density at radius 2 is 1.72 bits per heavy atom. The minimum Gasteiger partial charge on any atom is -0.497 e. The van der Waals surface area contributed by atoms with Crippen LogP contribution in [0.4, 0.5) is 10.5 Å². The summed E-state index contributed by atoms with van der Waals surface area (Å²) in [6.07, 6.45) is 4.99. The number of urea groups is 1. The summed E-state index contributed by atoms with van der Waals surface area (Å²) in [7, 11) is 1.57. The maximum Gasteiger partial charge on any atom is 0.320 e. The first-order valence-electron chi connectivity index (χ1n) is 8.31. The highest BCUT2D eigenvalue weighted by molar-refractivity contribution is 6.06. The van der Waals surface area contributed by atoms with E-state index in [-0.39, 0.29) is 42.2 Å². The highest BCUT2D eigenvalue weighted by Crippen LogP contribution is 2.52. The van der Waals surface area contributed by atoms with Crippen molar-refractivity contribution in [2.45, 2.75) is 6.42 Å². The number of methoxy groups -OCH3 is 1. The topological polar surface area (TPSA) is 87.7 Å². The van der Waals surface area contributed by atoms with Crippen LogP contribution in [0.25, 0.3) is 0 Å². The summed E-state index contributed by atoms with van der Waals surface area (Å²) >= 11 is 0. The van der Waals surface area contributed by atoms with Crippen LogP contribution in [0.5, 0.6) is 5.75 Å². The summed E-state index contributed by atoms with van der Waals surface area (Å²) in [4.78, 5) is 38.2. The molecule has 130 valence electrons. The number of amides is 4. The summed E-state index contributed by atoms with van der Waals surface area (Å²) < 4.78 is 5.06. The molecule has 1 aromatic carbocycles. The fourth-order valence-corrected chi connectivity index (χ4v) is 4.12. The van der Waals surface area contributed by atoms with Gasteiger partial charge in [0.2, 0.25) is 11.8 Å². The summed E-state index contributed by atoms with van der Waals surface area (Å²) in [6.45, 7) is -0.105. The number of fused-ring (bicyclic) bond motifs is 5. The first-order valence-corrected chi connectivity index (χ1v) is 8.31. The number of allylic oxidation sites excluding steroid dienone is 2. The molecule has 1 heterocycles. The number of likely N-dealkylation sites (tertiary alicyclic amines) is 1. The number of rotatable bonds is 4. The number of carbonyl (C=O) groups is 3. The van der Waals surface area contributed by atoms with Gasteiger partial charge in [0, 0.05) is 5.69 Å². The predicted octanol–water partition coefficient (Wildman–Crippen LogP) is 1.58. The summed E-state index contributed by atoms with van der Waals surface area (Å²) in [5.41, 5.74) is 0.594. The van der Waals surface area contributed by atoms with E-state index in [1.165, 1.54) is 4.90 Å². The van der Waals surface area contributed by atoms with Gasteiger partial charge in [-0.15, -0.1) is 0 Å². The molecule has 4 atom stereocenters. The van der Waals surface area contributed by atoms with Crippen molar-refractivity contribution in [1.82, 2.24) is 10.2 Å². The Morgan fingerprint density at radius 3 is 2.28 bits per heavy atom. The van der Waals surface area contributed by atoms with E-state index in [1.807, 2.05) is 12.2 Å². The van der Waals surface area contributed by atoms with Crippen LogP contribution in [0.2, 0.25) is 0 Å². The fraction of sp³-hybridized carbons (Fsp3) is 0.389. The van der Waals surface area contributed by atoms with Gasteiger partial charge in [0.05, 0.1) is 18.9 Å². The quantitative estimate of drug-likeness (QED) is 0.643. The fourth-order valence-electron chi connectivity index (χ4n) is 4.12. The molecule has 1 saturated heterocycles. The number of imide groups is 1. The van der Waals surface area contributed by atoms with Gasteiger partial charge in [-0.1, -0.05) is 12.2 Å². The van der Waals surface area contributed by atoms with Crippen molar-refractivity contribution in [1.29, 1.82) is 0 Å². The molecule has 0 spiro atoms. The lowest BCUT2D eigenvalue weighted by Gasteiger charge is -2.18. The Balaban J connectivity index is 1.34. The zero-order valence-corrected chi connectivity index (χ0v) is 13.8. The summed E-state index contributed by atoms with van der Waals surface area (Å²) in [6, 6.07) is 6.40. The van der Waals surface area contributed by atoms with Gasteiger partial charge in [-0.25, -0.2) is 4.79 Å². The first-order chi connectivity index (χ1) is 12.1. The molecule has 2 bridgehead atoms. The minimum atomic E-state index is -0.469. The molecule has 3 aliphatic rings. The van der Waals surface area contributed by atoms with Crippen molar-refractivity contribution in [2.75, 3.05) is 19.1 Å². The Hall–Kier alpha value is -2.83. The molecule has 2 N–H and O–H groups in total. The van der Waals surface area contributed by atoms with Gasteiger partial charge < -0.3 is 15.4 Å². The van der Waals surface area contributed by atoms with E-state index in [1.54, 1.807) is 31.4 Å². The van der Waals surface area contributed by atoms with Crippen molar-refractivity contribution >= 4 is 23.5 Å². The SMILES string of the molecule is COc1ccc(NC(=O)NCN2C(=O)C3C4C=CC(C4)C3C2=O)cc1. The third-order valence-electron chi connectivity index (χ3n) is 5.31. The second kappa shape index (κ2) is 5.91. The Kier molecular flexibility index (Phi) is 3.71. The maximum atomic E-state index is 12.5. The van der Waals surface area contributed by atoms with Crippen LogP contribution in [0.1, 0.15) is 6.42 Å². The molecule has 7 heteroatoms. The molecule has 1 aromatic rings. The third-order valence-corrected chi connectivity index (χ3v) is 5.31. The van der Waals surface area contributed by atoms with Crippen LogP contribution < -0.4 is 15.4 Å². The average Bonchev–Trinajstić information content (AvgIpc) is 3.29. The van der Waals surface area contributed by atoms with Crippen molar-refractivity contribution in [3.8, 4) is 5.75 Å². The molecule has 0 aromatic heterocycles. The summed E-state index contributed by atoms with van der Waals surface area (Å²) in [5, 5.41) is 5.24. The zero-order chi connectivity index (χ0) is 17.6. The number of hydrogen-bond donors (Lipinski definition) is 2. The Morgan fingerprint density at radius 1 is 1.12 bits per heavy atom. The van der Waals surface area contributed by atoms with Gasteiger partial charge >= 0.3 is 6.03 Å². The second-order valence-electron chi connectivity index (χ2n) is 6.62. The van der Waals surface area contributed by atoms with Gasteiger partial charge in [0.15, 0.2) is 0 Å². The minimum absolute atomic E-state index is 0.105. The lowest BCUT2D eigenvalue weighted by atomic mass is 9.85. The largest absolute Gasteiger partial charge is 0.497 e. The van der Waals surface area contributed by atoms with Crippen LogP contribution in [0, 0.1) is 23.7 Å². The standard InChI is InChI=1S/C18H19N3O4/c1-25-13-6-4-12(5-7-13)20-18(24)19-9-21-16(22)14-10-2-3-11(8-10)15(14)17(21)23/h2-7,10-11,14-15H,8-9H2,1H3,(H2,19,20,24). The number of carbonyl (C=O) groups excluding carboxylic acids is 3. The molecule has 2 fully saturated rings. The molecule has 1 saturated carbocycles. The van der Waals surface area contributed by atoms with Crippen LogP contribution >= 0.6 is 0 Å². The molecule has 2 aliphatic carbocycles. The van der Waals surface area contributed by atoms with Gasteiger partial charge in [-0.3, -0.25) is 14.5 Å². The highest BCUT2D eigenvalue weighted by atomic mass is 16.5. The molecular weight excluding hydrogens is 322 g/mol. The van der Waals surface area contributed by atoms with Gasteiger partial charge in [0.1, 0.15) is 12.4 Å². The van der Waals surface area contributed by atoms with Crippen LogP contribution in [0.15, 0.2) is 36.4 Å². The van der Waals surface area contributed by atoms with E-state index < -0.39 is 6.03 Å². The normalized spacial score (nSPS) is 29.1. The van der Waals surface area contributed by atoms with Crippen molar-refractivity contribution in [2.24, 2.45) is 23.7 Å². The molecule has 7 nitrogen and oxygen atoms in total. The van der Waals surface area contributed by atoms with Crippen molar-refractivity contribution in [3.63, 3.8) is 0 Å². The number of hydrogen-bond acceptors (Lipinski definition) is 4. The molecule has 1 aliphatic heterocycles. The van der Waals surface area contributed by atoms with Gasteiger partial charge in [-0.2, -0.15) is 0 Å². The highest BCUT2D eigenvalue weighted by Gasteiger charge is 2.59.